The molecule has 2 aromatic heterocycles. The Morgan fingerprint density at radius 1 is 1.23 bits per heavy atom. The number of ether oxygens (including phenoxy) is 1. The van der Waals surface area contributed by atoms with Gasteiger partial charge in [0.25, 0.3) is 5.91 Å². The largest absolute Gasteiger partial charge is 0.481 e. The van der Waals surface area contributed by atoms with E-state index in [0.29, 0.717) is 5.13 Å². The van der Waals surface area contributed by atoms with Crippen molar-refractivity contribution in [2.24, 2.45) is 0 Å². The number of thiophene rings is 1. The standard InChI is InChI=1S/C14H10FN3O2S2/c15-9-4-1-2-5-10(9)20-8-12(19)16-14-18-17-13(22-14)11-6-3-7-21-11/h1-7H,8H2,(H,16,18,19). The summed E-state index contributed by atoms with van der Waals surface area (Å²) in [6.45, 7) is -0.297. The molecule has 5 nitrogen and oxygen atoms in total. The lowest BCUT2D eigenvalue weighted by molar-refractivity contribution is -0.118. The van der Waals surface area contributed by atoms with Gasteiger partial charge in [-0.15, -0.1) is 21.5 Å². The summed E-state index contributed by atoms with van der Waals surface area (Å²) in [5.74, 6) is -0.891. The van der Waals surface area contributed by atoms with Crippen LogP contribution in [0.4, 0.5) is 9.52 Å². The van der Waals surface area contributed by atoms with E-state index in [4.69, 9.17) is 4.74 Å². The van der Waals surface area contributed by atoms with Crippen molar-refractivity contribution in [3.05, 3.63) is 47.6 Å². The number of hydrogen-bond donors (Lipinski definition) is 1. The number of carbonyl (C=O) groups is 1. The monoisotopic (exact) mass is 335 g/mol. The van der Waals surface area contributed by atoms with Crippen molar-refractivity contribution < 1.29 is 13.9 Å². The topological polar surface area (TPSA) is 64.1 Å². The van der Waals surface area contributed by atoms with Gasteiger partial charge in [0.1, 0.15) is 0 Å². The van der Waals surface area contributed by atoms with E-state index in [-0.39, 0.29) is 12.4 Å². The summed E-state index contributed by atoms with van der Waals surface area (Å²) < 4.78 is 18.5. The molecule has 0 saturated carbocycles. The van der Waals surface area contributed by atoms with Crippen molar-refractivity contribution in [3.8, 4) is 15.6 Å². The van der Waals surface area contributed by atoms with Gasteiger partial charge in [0, 0.05) is 0 Å². The Bertz CT molecular complexity index is 774. The quantitative estimate of drug-likeness (QED) is 0.776. The molecule has 3 rings (SSSR count). The maximum absolute atomic E-state index is 13.4. The van der Waals surface area contributed by atoms with Gasteiger partial charge in [0.2, 0.25) is 5.13 Å². The van der Waals surface area contributed by atoms with Gasteiger partial charge in [0.05, 0.1) is 4.88 Å². The number of aromatic nitrogens is 2. The minimum absolute atomic E-state index is 0.0363. The smallest absolute Gasteiger partial charge is 0.264 e. The summed E-state index contributed by atoms with van der Waals surface area (Å²) in [5, 5.41) is 13.5. The highest BCUT2D eigenvalue weighted by atomic mass is 32.1. The van der Waals surface area contributed by atoms with Gasteiger partial charge in [-0.1, -0.05) is 29.5 Å². The highest BCUT2D eigenvalue weighted by Crippen LogP contribution is 2.29. The lowest BCUT2D eigenvalue weighted by Gasteiger charge is -2.05. The van der Waals surface area contributed by atoms with Gasteiger partial charge in [-0.05, 0) is 23.6 Å². The number of halogens is 1. The van der Waals surface area contributed by atoms with Crippen LogP contribution in [0, 0.1) is 5.82 Å². The van der Waals surface area contributed by atoms with E-state index in [1.165, 1.54) is 23.5 Å². The minimum atomic E-state index is -0.508. The number of nitrogens with one attached hydrogen (secondary N) is 1. The first-order valence-corrected chi connectivity index (χ1v) is 7.96. The van der Waals surface area contributed by atoms with Crippen molar-refractivity contribution >= 4 is 33.7 Å². The van der Waals surface area contributed by atoms with E-state index >= 15 is 0 Å². The van der Waals surface area contributed by atoms with Crippen molar-refractivity contribution in [3.63, 3.8) is 0 Å². The summed E-state index contributed by atoms with van der Waals surface area (Å²) in [5.41, 5.74) is 0. The molecule has 1 aromatic carbocycles. The highest BCUT2D eigenvalue weighted by molar-refractivity contribution is 7.23. The second kappa shape index (κ2) is 6.63. The van der Waals surface area contributed by atoms with Crippen LogP contribution in [-0.4, -0.2) is 22.7 Å². The Morgan fingerprint density at radius 3 is 2.86 bits per heavy atom. The summed E-state index contributed by atoms with van der Waals surface area (Å²) in [6.07, 6.45) is 0. The first kappa shape index (κ1) is 14.6. The van der Waals surface area contributed by atoms with Crippen LogP contribution in [0.5, 0.6) is 5.75 Å². The molecule has 1 amide bonds. The number of anilines is 1. The third-order valence-corrected chi connectivity index (χ3v) is 4.48. The van der Waals surface area contributed by atoms with Crippen LogP contribution in [0.1, 0.15) is 0 Å². The number of rotatable bonds is 5. The molecular weight excluding hydrogens is 325 g/mol. The molecule has 22 heavy (non-hydrogen) atoms. The summed E-state index contributed by atoms with van der Waals surface area (Å²) >= 11 is 2.82. The molecule has 0 saturated heterocycles. The second-order valence-electron chi connectivity index (χ2n) is 4.16. The fourth-order valence-electron chi connectivity index (χ4n) is 1.63. The fourth-order valence-corrected chi connectivity index (χ4v) is 3.19. The Hall–Kier alpha value is -2.32. The molecule has 0 unspecified atom stereocenters. The Labute approximate surface area is 133 Å². The first-order valence-electron chi connectivity index (χ1n) is 6.27. The molecular formula is C14H10FN3O2S2. The van der Waals surface area contributed by atoms with E-state index < -0.39 is 11.7 Å². The van der Waals surface area contributed by atoms with E-state index in [2.05, 4.69) is 15.5 Å². The molecule has 0 aliphatic rings. The Morgan fingerprint density at radius 2 is 2.09 bits per heavy atom. The molecule has 112 valence electrons. The molecule has 1 N–H and O–H groups in total. The Kier molecular flexibility index (Phi) is 4.40. The first-order chi connectivity index (χ1) is 10.7. The molecule has 8 heteroatoms. The number of benzene rings is 1. The highest BCUT2D eigenvalue weighted by Gasteiger charge is 2.11. The van der Waals surface area contributed by atoms with Crippen LogP contribution in [0.3, 0.4) is 0 Å². The fraction of sp³-hybridized carbons (Fsp3) is 0.0714. The van der Waals surface area contributed by atoms with Crippen molar-refractivity contribution in [1.82, 2.24) is 10.2 Å². The van der Waals surface area contributed by atoms with E-state index in [1.54, 1.807) is 23.5 Å². The number of carbonyl (C=O) groups excluding carboxylic acids is 1. The molecule has 2 heterocycles. The third kappa shape index (κ3) is 3.46. The van der Waals surface area contributed by atoms with E-state index in [0.717, 1.165) is 9.88 Å². The molecule has 0 fully saturated rings. The molecule has 0 bridgehead atoms. The molecule has 0 atom stereocenters. The zero-order valence-corrected chi connectivity index (χ0v) is 12.8. The predicted octanol–water partition coefficient (Wildman–Crippen LogP) is 3.42. The SMILES string of the molecule is O=C(COc1ccccc1F)Nc1nnc(-c2cccs2)s1. The van der Waals surface area contributed by atoms with Gasteiger partial charge in [-0.3, -0.25) is 10.1 Å². The van der Waals surface area contributed by atoms with Crippen molar-refractivity contribution in [2.75, 3.05) is 11.9 Å². The molecule has 3 aromatic rings. The maximum atomic E-state index is 13.4. The van der Waals surface area contributed by atoms with Crippen LogP contribution in [0.15, 0.2) is 41.8 Å². The van der Waals surface area contributed by atoms with Crippen molar-refractivity contribution in [1.29, 1.82) is 0 Å². The average Bonchev–Trinajstić information content (AvgIpc) is 3.17. The van der Waals surface area contributed by atoms with Gasteiger partial charge in [-0.2, -0.15) is 0 Å². The maximum Gasteiger partial charge on any atom is 0.264 e. The second-order valence-corrected chi connectivity index (χ2v) is 6.08. The zero-order chi connectivity index (χ0) is 15.4. The lowest BCUT2D eigenvalue weighted by atomic mass is 10.3. The van der Waals surface area contributed by atoms with Gasteiger partial charge in [0.15, 0.2) is 23.2 Å². The van der Waals surface area contributed by atoms with Crippen molar-refractivity contribution in [2.45, 2.75) is 0 Å². The van der Waals surface area contributed by atoms with E-state index in [9.17, 15) is 9.18 Å². The molecule has 0 radical (unpaired) electrons. The average molecular weight is 335 g/mol. The van der Waals surface area contributed by atoms with Crippen LogP contribution in [-0.2, 0) is 4.79 Å². The number of para-hydroxylation sites is 1. The Balaban J connectivity index is 1.57. The van der Waals surface area contributed by atoms with Gasteiger partial charge < -0.3 is 4.74 Å². The zero-order valence-electron chi connectivity index (χ0n) is 11.2. The predicted molar refractivity (Wildman–Crippen MR) is 83.7 cm³/mol. The summed E-state index contributed by atoms with van der Waals surface area (Å²) in [7, 11) is 0. The van der Waals surface area contributed by atoms with Crippen LogP contribution >= 0.6 is 22.7 Å². The number of hydrogen-bond acceptors (Lipinski definition) is 6. The summed E-state index contributed by atoms with van der Waals surface area (Å²) in [6, 6.07) is 9.76. The van der Waals surface area contributed by atoms with Crippen LogP contribution in [0.2, 0.25) is 0 Å². The number of amides is 1. The molecule has 0 aliphatic heterocycles. The van der Waals surface area contributed by atoms with Crippen LogP contribution < -0.4 is 10.1 Å². The molecule has 0 spiro atoms. The third-order valence-electron chi connectivity index (χ3n) is 2.60. The summed E-state index contributed by atoms with van der Waals surface area (Å²) in [4.78, 5) is 12.8. The van der Waals surface area contributed by atoms with Crippen LogP contribution in [0.25, 0.3) is 9.88 Å². The number of nitrogens with zero attached hydrogens (tertiary/aromatic N) is 2. The normalized spacial score (nSPS) is 10.4. The van der Waals surface area contributed by atoms with Gasteiger partial charge in [-0.25, -0.2) is 4.39 Å². The van der Waals surface area contributed by atoms with E-state index in [1.807, 2.05) is 17.5 Å². The minimum Gasteiger partial charge on any atom is -0.481 e. The lowest BCUT2D eigenvalue weighted by Crippen LogP contribution is -2.20. The van der Waals surface area contributed by atoms with Gasteiger partial charge >= 0.3 is 0 Å². The molecule has 0 aliphatic carbocycles.